The second kappa shape index (κ2) is 15.5. The van der Waals surface area contributed by atoms with Crippen molar-refractivity contribution < 1.29 is 58.8 Å². The van der Waals surface area contributed by atoms with Crippen LogP contribution in [0.4, 0.5) is 11.4 Å². The van der Waals surface area contributed by atoms with Gasteiger partial charge >= 0.3 is 23.9 Å². The highest BCUT2D eigenvalue weighted by Crippen LogP contribution is 2.28. The summed E-state index contributed by atoms with van der Waals surface area (Å²) < 4.78 is 0. The van der Waals surface area contributed by atoms with Crippen molar-refractivity contribution in [1.82, 2.24) is 0 Å². The fourth-order valence-corrected chi connectivity index (χ4v) is 4.03. The number of carboxylic acids is 4. The zero-order valence-corrected chi connectivity index (χ0v) is 23.9. The van der Waals surface area contributed by atoms with E-state index < -0.39 is 70.3 Å². The minimum atomic E-state index is -1.63. The first-order valence-corrected chi connectivity index (χ1v) is 12.7. The first kappa shape index (κ1) is 36.0. The van der Waals surface area contributed by atoms with Crippen LogP contribution >= 0.6 is 0 Å². The summed E-state index contributed by atoms with van der Waals surface area (Å²) in [5, 5.41) is 36.9. The molecule has 0 radical (unpaired) electrons. The van der Waals surface area contributed by atoms with Crippen LogP contribution in [0.5, 0.6) is 0 Å². The molecule has 0 unspecified atom stereocenters. The smallest absolute Gasteiger partial charge is 0.330 e. The number of carbonyl (C=O) groups is 8. The van der Waals surface area contributed by atoms with Crippen molar-refractivity contribution in [3.8, 4) is 0 Å². The fourth-order valence-electron chi connectivity index (χ4n) is 4.03. The second-order valence-electron chi connectivity index (χ2n) is 9.11. The molecule has 12 N–H and O–H groups in total. The molecule has 4 amide bonds. The summed E-state index contributed by atoms with van der Waals surface area (Å²) in [7, 11) is 0. The molecule has 2 aromatic carbocycles. The Bertz CT molecular complexity index is 1560. The molecular formula is C29H26N6O12. The number of amides is 4. The zero-order chi connectivity index (χ0) is 35.6. The second-order valence-corrected chi connectivity index (χ2v) is 9.11. The predicted octanol–water partition coefficient (Wildman–Crippen LogP) is -1.29. The van der Waals surface area contributed by atoms with Gasteiger partial charge in [-0.2, -0.15) is 0 Å². The van der Waals surface area contributed by atoms with Crippen LogP contribution < -0.4 is 32.7 Å². The van der Waals surface area contributed by atoms with E-state index in [0.717, 1.165) is 0 Å². The van der Waals surface area contributed by atoms with Gasteiger partial charge in [-0.3, -0.25) is 19.2 Å². The Morgan fingerprint density at radius 2 is 0.660 bits per heavy atom. The summed E-state index contributed by atoms with van der Waals surface area (Å²) in [5.74, 6) is -11.8. The molecule has 2 rings (SSSR count). The SMILES string of the molecule is NC(=O)/C(=C\C(=O)O)N(/C(=C/C(=O)O)C(N)=O)c1ccc(Cc2ccc(N(/C(=C/C(=O)O)C(N)=O)/C(=C/C(=O)O)C(N)=O)cc2)cc1. The molecule has 0 aromatic heterocycles. The van der Waals surface area contributed by atoms with Crippen molar-refractivity contribution in [2.24, 2.45) is 22.9 Å². The summed E-state index contributed by atoms with van der Waals surface area (Å²) in [6.07, 6.45) is 1.63. The number of primary amides is 4. The first-order valence-electron chi connectivity index (χ1n) is 12.7. The highest BCUT2D eigenvalue weighted by molar-refractivity contribution is 6.09. The van der Waals surface area contributed by atoms with Crippen LogP contribution in [0, 0.1) is 0 Å². The van der Waals surface area contributed by atoms with Gasteiger partial charge in [0.15, 0.2) is 0 Å². The first-order chi connectivity index (χ1) is 21.9. The van der Waals surface area contributed by atoms with E-state index in [-0.39, 0.29) is 17.8 Å². The molecule has 47 heavy (non-hydrogen) atoms. The van der Waals surface area contributed by atoms with E-state index in [1.54, 1.807) is 0 Å². The van der Waals surface area contributed by atoms with Gasteiger partial charge in [0.25, 0.3) is 23.6 Å². The van der Waals surface area contributed by atoms with Crippen LogP contribution in [0.3, 0.4) is 0 Å². The van der Waals surface area contributed by atoms with Crippen molar-refractivity contribution >= 4 is 58.9 Å². The largest absolute Gasteiger partial charge is 0.478 e. The number of hydrogen-bond acceptors (Lipinski definition) is 10. The summed E-state index contributed by atoms with van der Waals surface area (Å²) in [6.45, 7) is 0. The number of aliphatic carboxylic acids is 4. The number of anilines is 2. The molecule has 0 fully saturated rings. The molecule has 0 bridgehead atoms. The molecule has 0 saturated carbocycles. The maximum atomic E-state index is 12.1. The standard InChI is InChI=1S/C29H26N6O12/c30-26(44)18(10-22(36)37)34(19(27(31)45)11-23(38)39)16-5-1-14(2-6-16)9-15-3-7-17(8-4-15)35(20(28(32)46)12-24(40)41)21(29(33)47)13-25(42)43/h1-8,10-13H,9H2,(H2,30,44)(H2,31,45)(H2,32,46)(H2,33,47)(H,36,37)(H,38,39)(H,40,41)(H,42,43)/b18-10+,19-11+,20-12+,21-13+. The van der Waals surface area contributed by atoms with Gasteiger partial charge < -0.3 is 53.2 Å². The summed E-state index contributed by atoms with van der Waals surface area (Å²) >= 11 is 0. The Morgan fingerprint density at radius 1 is 0.447 bits per heavy atom. The number of carboxylic acid groups (broad SMARTS) is 4. The molecule has 0 atom stereocenters. The van der Waals surface area contributed by atoms with E-state index in [0.29, 0.717) is 45.2 Å². The Morgan fingerprint density at radius 3 is 0.830 bits per heavy atom. The highest BCUT2D eigenvalue weighted by atomic mass is 16.4. The number of carbonyl (C=O) groups excluding carboxylic acids is 4. The van der Waals surface area contributed by atoms with Crippen molar-refractivity contribution in [3.05, 3.63) is 107 Å². The Balaban J connectivity index is 2.59. The average Bonchev–Trinajstić information content (AvgIpc) is 2.95. The summed E-state index contributed by atoms with van der Waals surface area (Å²) in [6, 6.07) is 11.2. The summed E-state index contributed by atoms with van der Waals surface area (Å²) in [4.78, 5) is 95.2. The summed E-state index contributed by atoms with van der Waals surface area (Å²) in [5.41, 5.74) is 19.1. The molecule has 0 aliphatic rings. The predicted molar refractivity (Wildman–Crippen MR) is 160 cm³/mol. The topological polar surface area (TPSA) is 328 Å². The van der Waals surface area contributed by atoms with Gasteiger partial charge in [-0.25, -0.2) is 19.2 Å². The third kappa shape index (κ3) is 9.89. The van der Waals surface area contributed by atoms with Crippen LogP contribution in [0.15, 0.2) is 95.6 Å². The van der Waals surface area contributed by atoms with Crippen LogP contribution in [0.1, 0.15) is 11.1 Å². The number of rotatable bonds is 16. The van der Waals surface area contributed by atoms with Gasteiger partial charge in [-0.05, 0) is 41.8 Å². The third-order valence-electron chi connectivity index (χ3n) is 5.81. The van der Waals surface area contributed by atoms with Crippen LogP contribution in [0.2, 0.25) is 0 Å². The lowest BCUT2D eigenvalue weighted by Gasteiger charge is -2.26. The Kier molecular flexibility index (Phi) is 11.8. The van der Waals surface area contributed by atoms with Gasteiger partial charge in [0.1, 0.15) is 22.8 Å². The van der Waals surface area contributed by atoms with Crippen molar-refractivity contribution in [2.75, 3.05) is 9.80 Å². The maximum absolute atomic E-state index is 12.1. The molecule has 0 saturated heterocycles. The van der Waals surface area contributed by atoms with E-state index in [1.165, 1.54) is 48.5 Å². The van der Waals surface area contributed by atoms with E-state index in [2.05, 4.69) is 0 Å². The third-order valence-corrected chi connectivity index (χ3v) is 5.81. The van der Waals surface area contributed by atoms with Gasteiger partial charge in [0.05, 0.1) is 24.3 Å². The maximum Gasteiger partial charge on any atom is 0.330 e. The Labute approximate surface area is 263 Å². The molecule has 0 aliphatic heterocycles. The number of benzene rings is 2. The van der Waals surface area contributed by atoms with E-state index in [9.17, 15) is 58.8 Å². The minimum Gasteiger partial charge on any atom is -0.478 e. The van der Waals surface area contributed by atoms with E-state index in [1.807, 2.05) is 0 Å². The fraction of sp³-hybridized carbons (Fsp3) is 0.0345. The van der Waals surface area contributed by atoms with Gasteiger partial charge in [0, 0.05) is 11.4 Å². The highest BCUT2D eigenvalue weighted by Gasteiger charge is 2.28. The molecule has 0 spiro atoms. The molecule has 18 nitrogen and oxygen atoms in total. The van der Waals surface area contributed by atoms with E-state index in [4.69, 9.17) is 22.9 Å². The molecule has 0 aliphatic carbocycles. The van der Waals surface area contributed by atoms with Gasteiger partial charge in [0.2, 0.25) is 0 Å². The normalized spacial score (nSPS) is 12.1. The number of nitrogens with zero attached hydrogens (tertiary/aromatic N) is 2. The zero-order valence-electron chi connectivity index (χ0n) is 23.9. The minimum absolute atomic E-state index is 0.0641. The van der Waals surface area contributed by atoms with Crippen LogP contribution in [0.25, 0.3) is 0 Å². The van der Waals surface area contributed by atoms with E-state index >= 15 is 0 Å². The van der Waals surface area contributed by atoms with Crippen LogP contribution in [-0.4, -0.2) is 67.9 Å². The van der Waals surface area contributed by atoms with Gasteiger partial charge in [-0.15, -0.1) is 0 Å². The van der Waals surface area contributed by atoms with Crippen LogP contribution in [-0.2, 0) is 44.8 Å². The lowest BCUT2D eigenvalue weighted by molar-refractivity contribution is -0.132. The van der Waals surface area contributed by atoms with Crippen molar-refractivity contribution in [1.29, 1.82) is 0 Å². The molecule has 0 heterocycles. The van der Waals surface area contributed by atoms with Gasteiger partial charge in [-0.1, -0.05) is 24.3 Å². The quantitative estimate of drug-likeness (QED) is 0.0980. The lowest BCUT2D eigenvalue weighted by atomic mass is 10.0. The lowest BCUT2D eigenvalue weighted by Crippen LogP contribution is -2.37. The Hall–Kier alpha value is -7.24. The van der Waals surface area contributed by atoms with Crippen molar-refractivity contribution in [2.45, 2.75) is 6.42 Å². The molecule has 2 aromatic rings. The average molecular weight is 651 g/mol. The monoisotopic (exact) mass is 650 g/mol. The molecular weight excluding hydrogens is 624 g/mol. The van der Waals surface area contributed by atoms with Crippen molar-refractivity contribution in [3.63, 3.8) is 0 Å². The number of hydrogen-bond donors (Lipinski definition) is 8. The molecule has 244 valence electrons. The number of nitrogens with two attached hydrogens (primary N) is 4. The molecule has 18 heteroatoms.